The zero-order valence-electron chi connectivity index (χ0n) is 16.7. The molecule has 2 atom stereocenters. The van der Waals surface area contributed by atoms with Gasteiger partial charge in [-0.1, -0.05) is 66.7 Å². The van der Waals surface area contributed by atoms with Gasteiger partial charge in [0, 0.05) is 17.5 Å². The maximum Gasteiger partial charge on any atom is 0.235 e. The molecule has 148 valence electrons. The summed E-state index contributed by atoms with van der Waals surface area (Å²) in [6, 6.07) is 24.6. The van der Waals surface area contributed by atoms with Crippen LogP contribution in [-0.4, -0.2) is 23.4 Å². The number of likely N-dealkylation sites (tertiary alicyclic amines) is 1. The zero-order chi connectivity index (χ0) is 20.4. The Kier molecular flexibility index (Phi) is 3.66. The minimum atomic E-state index is -0.314. The van der Waals surface area contributed by atoms with Crippen LogP contribution in [0.15, 0.2) is 72.8 Å². The number of rotatable bonds is 3. The van der Waals surface area contributed by atoms with Crippen molar-refractivity contribution < 1.29 is 9.59 Å². The van der Waals surface area contributed by atoms with E-state index in [1.54, 1.807) is 0 Å². The number of nitrogens with one attached hydrogen (secondary N) is 1. The molecule has 2 amide bonds. The van der Waals surface area contributed by atoms with Gasteiger partial charge >= 0.3 is 0 Å². The third kappa shape index (κ3) is 2.22. The normalized spacial score (nSPS) is 25.7. The van der Waals surface area contributed by atoms with Crippen molar-refractivity contribution in [2.45, 2.75) is 18.8 Å². The van der Waals surface area contributed by atoms with Gasteiger partial charge < -0.3 is 5.32 Å². The molecule has 0 aromatic heterocycles. The number of para-hydroxylation sites is 1. The maximum atomic E-state index is 13.5. The van der Waals surface area contributed by atoms with Gasteiger partial charge in [0.2, 0.25) is 11.8 Å². The van der Waals surface area contributed by atoms with E-state index in [0.29, 0.717) is 0 Å². The third-order valence-electron chi connectivity index (χ3n) is 7.11. The van der Waals surface area contributed by atoms with Crippen molar-refractivity contribution in [3.8, 4) is 0 Å². The quantitative estimate of drug-likeness (QED) is 0.676. The lowest BCUT2D eigenvalue weighted by Gasteiger charge is -2.45. The first-order valence-corrected chi connectivity index (χ1v) is 10.5. The lowest BCUT2D eigenvalue weighted by Crippen LogP contribution is -2.41. The molecular weight excluding hydrogens is 372 g/mol. The minimum Gasteiger partial charge on any atom is -0.367 e. The summed E-state index contributed by atoms with van der Waals surface area (Å²) >= 11 is 0. The number of carbonyl (C=O) groups excluding carboxylic acids is 2. The molecule has 1 saturated heterocycles. The number of imide groups is 1. The molecule has 0 saturated carbocycles. The van der Waals surface area contributed by atoms with Crippen LogP contribution < -0.4 is 5.32 Å². The number of anilines is 1. The van der Waals surface area contributed by atoms with E-state index in [2.05, 4.69) is 29.6 Å². The molecule has 3 aliphatic carbocycles. The van der Waals surface area contributed by atoms with Crippen LogP contribution in [-0.2, 0) is 9.59 Å². The molecule has 0 radical (unpaired) electrons. The lowest BCUT2D eigenvalue weighted by molar-refractivity contribution is -0.139. The number of benzene rings is 3. The van der Waals surface area contributed by atoms with E-state index >= 15 is 0 Å². The summed E-state index contributed by atoms with van der Waals surface area (Å²) in [5, 5.41) is 3.30. The highest BCUT2D eigenvalue weighted by atomic mass is 16.2. The monoisotopic (exact) mass is 394 g/mol. The Morgan fingerprint density at radius 3 is 1.60 bits per heavy atom. The smallest absolute Gasteiger partial charge is 0.235 e. The van der Waals surface area contributed by atoms with Gasteiger partial charge in [0.15, 0.2) is 0 Å². The van der Waals surface area contributed by atoms with Gasteiger partial charge in [-0.3, -0.25) is 14.5 Å². The SMILES string of the molecule is Cc1ccccc1NCN1C(=O)[C@@H]2C3c4ccccc4C(c4ccccc43)[C@@H]2C1=O. The second kappa shape index (κ2) is 6.30. The molecule has 4 heteroatoms. The van der Waals surface area contributed by atoms with Gasteiger partial charge in [0.1, 0.15) is 0 Å². The van der Waals surface area contributed by atoms with Gasteiger partial charge in [0.25, 0.3) is 0 Å². The molecule has 1 heterocycles. The van der Waals surface area contributed by atoms with Gasteiger partial charge in [-0.15, -0.1) is 0 Å². The van der Waals surface area contributed by atoms with Crippen molar-refractivity contribution in [1.82, 2.24) is 4.90 Å². The Morgan fingerprint density at radius 1 is 0.700 bits per heavy atom. The van der Waals surface area contributed by atoms with Crippen LogP contribution in [0.2, 0.25) is 0 Å². The Balaban J connectivity index is 1.41. The van der Waals surface area contributed by atoms with Crippen molar-refractivity contribution in [1.29, 1.82) is 0 Å². The summed E-state index contributed by atoms with van der Waals surface area (Å²) in [5.74, 6) is -0.827. The molecule has 2 bridgehead atoms. The van der Waals surface area contributed by atoms with Crippen LogP contribution in [0.5, 0.6) is 0 Å². The van der Waals surface area contributed by atoms with E-state index in [1.165, 1.54) is 27.2 Å². The molecule has 1 fully saturated rings. The van der Waals surface area contributed by atoms with Crippen LogP contribution in [0.25, 0.3) is 0 Å². The largest absolute Gasteiger partial charge is 0.367 e. The van der Waals surface area contributed by atoms with E-state index in [9.17, 15) is 9.59 Å². The topological polar surface area (TPSA) is 49.4 Å². The number of carbonyl (C=O) groups is 2. The van der Waals surface area contributed by atoms with Gasteiger partial charge in [-0.25, -0.2) is 0 Å². The van der Waals surface area contributed by atoms with Gasteiger partial charge in [-0.05, 0) is 40.8 Å². The van der Waals surface area contributed by atoms with Crippen LogP contribution >= 0.6 is 0 Å². The average molecular weight is 394 g/mol. The first-order chi connectivity index (χ1) is 14.7. The van der Waals surface area contributed by atoms with Crippen molar-refractivity contribution >= 4 is 17.5 Å². The van der Waals surface area contributed by atoms with Crippen molar-refractivity contribution in [2.24, 2.45) is 11.8 Å². The molecule has 1 N–H and O–H groups in total. The Hall–Kier alpha value is -3.40. The summed E-state index contributed by atoms with van der Waals surface area (Å²) < 4.78 is 0. The molecule has 7 rings (SSSR count). The Labute approximate surface area is 175 Å². The fourth-order valence-electron chi connectivity index (χ4n) is 5.83. The van der Waals surface area contributed by atoms with Crippen LogP contribution in [0, 0.1) is 18.8 Å². The number of nitrogens with zero attached hydrogens (tertiary/aromatic N) is 1. The first-order valence-electron chi connectivity index (χ1n) is 10.5. The van der Waals surface area contributed by atoms with Crippen LogP contribution in [0.1, 0.15) is 39.7 Å². The Morgan fingerprint density at radius 2 is 1.13 bits per heavy atom. The fourth-order valence-corrected chi connectivity index (χ4v) is 5.83. The van der Waals surface area contributed by atoms with Crippen LogP contribution in [0.3, 0.4) is 0 Å². The van der Waals surface area contributed by atoms with Gasteiger partial charge in [0.05, 0.1) is 18.5 Å². The van der Waals surface area contributed by atoms with E-state index in [1.807, 2.05) is 55.5 Å². The Bertz CT molecular complexity index is 1090. The highest BCUT2D eigenvalue weighted by Gasteiger charge is 2.61. The molecule has 4 nitrogen and oxygen atoms in total. The molecule has 0 spiro atoms. The second-order valence-electron chi connectivity index (χ2n) is 8.52. The van der Waals surface area contributed by atoms with Crippen molar-refractivity contribution in [3.63, 3.8) is 0 Å². The number of aryl methyl sites for hydroxylation is 1. The molecular formula is C26H22N2O2. The van der Waals surface area contributed by atoms with E-state index in [0.717, 1.165) is 11.3 Å². The third-order valence-corrected chi connectivity index (χ3v) is 7.11. The summed E-state index contributed by atoms with van der Waals surface area (Å²) in [7, 11) is 0. The zero-order valence-corrected chi connectivity index (χ0v) is 16.7. The highest BCUT2D eigenvalue weighted by Crippen LogP contribution is 2.60. The lowest BCUT2D eigenvalue weighted by atomic mass is 9.55. The van der Waals surface area contributed by atoms with Crippen molar-refractivity contribution in [2.75, 3.05) is 12.0 Å². The molecule has 1 aliphatic heterocycles. The predicted octanol–water partition coefficient (Wildman–Crippen LogP) is 4.26. The fraction of sp³-hybridized carbons (Fsp3) is 0.231. The van der Waals surface area contributed by atoms with Crippen molar-refractivity contribution in [3.05, 3.63) is 101 Å². The molecule has 30 heavy (non-hydrogen) atoms. The standard InChI is InChI=1S/C26H22N2O2/c1-15-8-2-7-13-20(15)27-14-28-25(29)23-21-16-9-3-4-10-17(16)22(24(23)26(28)30)19-12-6-5-11-18(19)21/h2-13,21-24,27H,14H2,1H3/t21?,22?,23-,24+. The summed E-state index contributed by atoms with van der Waals surface area (Å²) in [6.45, 7) is 2.23. The summed E-state index contributed by atoms with van der Waals surface area (Å²) in [4.78, 5) is 28.5. The predicted molar refractivity (Wildman–Crippen MR) is 115 cm³/mol. The maximum absolute atomic E-state index is 13.5. The van der Waals surface area contributed by atoms with E-state index in [-0.39, 0.29) is 42.2 Å². The summed E-state index contributed by atoms with van der Waals surface area (Å²) in [5.41, 5.74) is 6.86. The highest BCUT2D eigenvalue weighted by molar-refractivity contribution is 6.07. The molecule has 3 aromatic carbocycles. The van der Waals surface area contributed by atoms with E-state index < -0.39 is 0 Å². The second-order valence-corrected chi connectivity index (χ2v) is 8.52. The molecule has 3 aromatic rings. The van der Waals surface area contributed by atoms with Gasteiger partial charge in [-0.2, -0.15) is 0 Å². The van der Waals surface area contributed by atoms with Crippen LogP contribution in [0.4, 0.5) is 5.69 Å². The number of hydrogen-bond acceptors (Lipinski definition) is 3. The average Bonchev–Trinajstić information content (AvgIpc) is 3.04. The first kappa shape index (κ1) is 17.5. The molecule has 4 aliphatic rings. The molecule has 0 unspecified atom stereocenters. The number of amides is 2. The summed E-state index contributed by atoms with van der Waals surface area (Å²) in [6.07, 6.45) is 0. The number of hydrogen-bond donors (Lipinski definition) is 1. The van der Waals surface area contributed by atoms with E-state index in [4.69, 9.17) is 0 Å². The minimum absolute atomic E-state index is 0.0488.